The smallest absolute Gasteiger partial charge is 0.129 e. The molecule has 0 aliphatic heterocycles. The zero-order valence-electron chi connectivity index (χ0n) is 9.16. The van der Waals surface area contributed by atoms with Crippen molar-refractivity contribution >= 4 is 5.82 Å². The minimum absolute atomic E-state index is 0.446. The first-order valence-corrected chi connectivity index (χ1v) is 5.29. The second-order valence-corrected chi connectivity index (χ2v) is 3.82. The Balaban J connectivity index is 2.07. The maximum atomic E-state index is 13.4. The second-order valence-electron chi connectivity index (χ2n) is 3.82. The highest BCUT2D eigenvalue weighted by Crippen LogP contribution is 2.13. The Morgan fingerprint density at radius 3 is 2.59 bits per heavy atom. The Labute approximate surface area is 98.1 Å². The van der Waals surface area contributed by atoms with E-state index in [0.29, 0.717) is 24.2 Å². The Bertz CT molecular complexity index is 527. The SMILES string of the molecule is Nc1cc(CCc2ccc(F)cc2F)ccn1. The number of aryl methyl sites for hydroxylation is 2. The van der Waals surface area contributed by atoms with E-state index in [1.807, 2.05) is 6.07 Å². The standard InChI is InChI=1S/C13H12F2N2/c14-11-4-3-10(12(15)8-11)2-1-9-5-6-17-13(16)7-9/h3-8H,1-2H2,(H2,16,17). The van der Waals surface area contributed by atoms with Gasteiger partial charge in [-0.1, -0.05) is 6.07 Å². The van der Waals surface area contributed by atoms with E-state index < -0.39 is 11.6 Å². The van der Waals surface area contributed by atoms with Crippen molar-refractivity contribution in [2.45, 2.75) is 12.8 Å². The van der Waals surface area contributed by atoms with Crippen LogP contribution in [0.1, 0.15) is 11.1 Å². The van der Waals surface area contributed by atoms with Gasteiger partial charge in [0, 0.05) is 12.3 Å². The monoisotopic (exact) mass is 234 g/mol. The van der Waals surface area contributed by atoms with Crippen LogP contribution >= 0.6 is 0 Å². The molecule has 2 aromatic rings. The predicted molar refractivity (Wildman–Crippen MR) is 62.4 cm³/mol. The van der Waals surface area contributed by atoms with Crippen molar-refractivity contribution < 1.29 is 8.78 Å². The number of hydrogen-bond donors (Lipinski definition) is 1. The fraction of sp³-hybridized carbons (Fsp3) is 0.154. The number of benzene rings is 1. The van der Waals surface area contributed by atoms with E-state index in [2.05, 4.69) is 4.98 Å². The molecule has 4 heteroatoms. The third-order valence-corrected chi connectivity index (χ3v) is 2.54. The van der Waals surface area contributed by atoms with E-state index in [1.54, 1.807) is 12.3 Å². The van der Waals surface area contributed by atoms with Gasteiger partial charge in [0.2, 0.25) is 0 Å². The molecule has 0 amide bonds. The summed E-state index contributed by atoms with van der Waals surface area (Å²) >= 11 is 0. The Morgan fingerprint density at radius 1 is 1.06 bits per heavy atom. The van der Waals surface area contributed by atoms with Gasteiger partial charge in [-0.25, -0.2) is 13.8 Å². The summed E-state index contributed by atoms with van der Waals surface area (Å²) < 4.78 is 26.1. The van der Waals surface area contributed by atoms with E-state index >= 15 is 0 Å². The molecule has 1 aromatic carbocycles. The maximum absolute atomic E-state index is 13.4. The molecule has 0 saturated carbocycles. The van der Waals surface area contributed by atoms with Gasteiger partial charge in [-0.15, -0.1) is 0 Å². The number of aromatic nitrogens is 1. The average Bonchev–Trinajstić information content (AvgIpc) is 2.28. The highest BCUT2D eigenvalue weighted by molar-refractivity contribution is 5.32. The number of nitrogens with zero attached hydrogens (tertiary/aromatic N) is 1. The van der Waals surface area contributed by atoms with Crippen LogP contribution in [0, 0.1) is 11.6 Å². The van der Waals surface area contributed by atoms with E-state index in [4.69, 9.17) is 5.73 Å². The third-order valence-electron chi connectivity index (χ3n) is 2.54. The van der Waals surface area contributed by atoms with Crippen LogP contribution in [0.5, 0.6) is 0 Å². The summed E-state index contributed by atoms with van der Waals surface area (Å²) in [5, 5.41) is 0. The normalized spacial score (nSPS) is 10.5. The fourth-order valence-electron chi connectivity index (χ4n) is 1.65. The highest BCUT2D eigenvalue weighted by atomic mass is 19.1. The van der Waals surface area contributed by atoms with Crippen molar-refractivity contribution in [3.8, 4) is 0 Å². The predicted octanol–water partition coefficient (Wildman–Crippen LogP) is 2.73. The molecule has 0 radical (unpaired) electrons. The van der Waals surface area contributed by atoms with Gasteiger partial charge in [-0.05, 0) is 42.2 Å². The lowest BCUT2D eigenvalue weighted by Gasteiger charge is -2.04. The molecule has 0 aliphatic rings. The fourth-order valence-corrected chi connectivity index (χ4v) is 1.65. The number of nitrogen functional groups attached to an aromatic ring is 1. The highest BCUT2D eigenvalue weighted by Gasteiger charge is 2.04. The van der Waals surface area contributed by atoms with Crippen LogP contribution in [0.25, 0.3) is 0 Å². The maximum Gasteiger partial charge on any atom is 0.129 e. The third kappa shape index (κ3) is 3.00. The first-order valence-electron chi connectivity index (χ1n) is 5.29. The molecule has 0 bridgehead atoms. The summed E-state index contributed by atoms with van der Waals surface area (Å²) in [5.41, 5.74) is 7.03. The molecular weight excluding hydrogens is 222 g/mol. The summed E-state index contributed by atoms with van der Waals surface area (Å²) in [5.74, 6) is -0.617. The van der Waals surface area contributed by atoms with Crippen molar-refractivity contribution in [2.24, 2.45) is 0 Å². The van der Waals surface area contributed by atoms with Crippen LogP contribution in [-0.2, 0) is 12.8 Å². The molecule has 0 aliphatic carbocycles. The average molecular weight is 234 g/mol. The zero-order chi connectivity index (χ0) is 12.3. The Hall–Kier alpha value is -1.97. The molecule has 0 spiro atoms. The molecule has 0 atom stereocenters. The van der Waals surface area contributed by atoms with Crippen LogP contribution in [0.2, 0.25) is 0 Å². The van der Waals surface area contributed by atoms with Gasteiger partial charge in [-0.3, -0.25) is 0 Å². The number of nitrogens with two attached hydrogens (primary N) is 1. The quantitative estimate of drug-likeness (QED) is 0.886. The summed E-state index contributed by atoms with van der Waals surface area (Å²) in [6.45, 7) is 0. The topological polar surface area (TPSA) is 38.9 Å². The van der Waals surface area contributed by atoms with Crippen molar-refractivity contribution in [2.75, 3.05) is 5.73 Å². The second kappa shape index (κ2) is 4.91. The van der Waals surface area contributed by atoms with E-state index in [9.17, 15) is 8.78 Å². The van der Waals surface area contributed by atoms with E-state index in [1.165, 1.54) is 12.1 Å². The minimum Gasteiger partial charge on any atom is -0.384 e. The first kappa shape index (κ1) is 11.5. The van der Waals surface area contributed by atoms with Crippen LogP contribution in [-0.4, -0.2) is 4.98 Å². The molecule has 1 heterocycles. The molecule has 17 heavy (non-hydrogen) atoms. The summed E-state index contributed by atoms with van der Waals surface area (Å²) in [7, 11) is 0. The van der Waals surface area contributed by atoms with Crippen LogP contribution in [0.3, 0.4) is 0 Å². The lowest BCUT2D eigenvalue weighted by atomic mass is 10.0. The molecule has 0 fully saturated rings. The van der Waals surface area contributed by atoms with Gasteiger partial charge < -0.3 is 5.73 Å². The Morgan fingerprint density at radius 2 is 1.88 bits per heavy atom. The van der Waals surface area contributed by atoms with Gasteiger partial charge in [0.1, 0.15) is 17.5 Å². The largest absolute Gasteiger partial charge is 0.384 e. The zero-order valence-corrected chi connectivity index (χ0v) is 9.16. The van der Waals surface area contributed by atoms with Gasteiger partial charge in [0.25, 0.3) is 0 Å². The van der Waals surface area contributed by atoms with Crippen LogP contribution in [0.15, 0.2) is 36.5 Å². The van der Waals surface area contributed by atoms with E-state index in [-0.39, 0.29) is 0 Å². The molecule has 2 rings (SSSR count). The summed E-state index contributed by atoms with van der Waals surface area (Å²) in [4.78, 5) is 3.88. The minimum atomic E-state index is -0.556. The molecule has 88 valence electrons. The van der Waals surface area contributed by atoms with Gasteiger partial charge in [0.15, 0.2) is 0 Å². The van der Waals surface area contributed by atoms with Gasteiger partial charge in [-0.2, -0.15) is 0 Å². The van der Waals surface area contributed by atoms with Crippen molar-refractivity contribution in [3.63, 3.8) is 0 Å². The lowest BCUT2D eigenvalue weighted by Crippen LogP contribution is -1.97. The van der Waals surface area contributed by atoms with Gasteiger partial charge in [0.05, 0.1) is 0 Å². The number of rotatable bonds is 3. The first-order chi connectivity index (χ1) is 8.15. The summed E-state index contributed by atoms with van der Waals surface area (Å²) in [6.07, 6.45) is 2.77. The van der Waals surface area contributed by atoms with Crippen molar-refractivity contribution in [3.05, 3.63) is 59.3 Å². The number of halogens is 2. The van der Waals surface area contributed by atoms with Crippen LogP contribution < -0.4 is 5.73 Å². The van der Waals surface area contributed by atoms with Gasteiger partial charge >= 0.3 is 0 Å². The van der Waals surface area contributed by atoms with Crippen molar-refractivity contribution in [1.82, 2.24) is 4.98 Å². The van der Waals surface area contributed by atoms with E-state index in [0.717, 1.165) is 11.6 Å². The molecule has 2 N–H and O–H groups in total. The lowest BCUT2D eigenvalue weighted by molar-refractivity contribution is 0.571. The molecule has 0 unspecified atom stereocenters. The summed E-state index contributed by atoms with van der Waals surface area (Å²) in [6, 6.07) is 7.21. The molecule has 0 saturated heterocycles. The number of hydrogen-bond acceptors (Lipinski definition) is 2. The molecule has 2 nitrogen and oxygen atoms in total. The molecule has 1 aromatic heterocycles. The number of pyridine rings is 1. The van der Waals surface area contributed by atoms with Crippen molar-refractivity contribution in [1.29, 1.82) is 0 Å². The molecular formula is C13H12F2N2. The Kier molecular flexibility index (Phi) is 3.32. The van der Waals surface area contributed by atoms with Crippen LogP contribution in [0.4, 0.5) is 14.6 Å². The number of anilines is 1.